The Morgan fingerprint density at radius 2 is 2.29 bits per heavy atom. The van der Waals surface area contributed by atoms with Crippen molar-refractivity contribution >= 4 is 6.09 Å². The monoisotopic (exact) mass is 238 g/mol. The van der Waals surface area contributed by atoms with E-state index in [4.69, 9.17) is 0 Å². The number of nitrogens with zero attached hydrogens (tertiary/aromatic N) is 1. The SMILES string of the molecule is O=C([O-])N1CCC(c2cccc(F)c2)C(O)C1. The van der Waals surface area contributed by atoms with Crippen molar-refractivity contribution in [2.45, 2.75) is 18.4 Å². The van der Waals surface area contributed by atoms with Crippen LogP contribution in [0.25, 0.3) is 0 Å². The van der Waals surface area contributed by atoms with Gasteiger partial charge >= 0.3 is 0 Å². The molecule has 0 aliphatic carbocycles. The number of hydrogen-bond donors (Lipinski definition) is 1. The molecule has 1 aromatic rings. The Labute approximate surface area is 98.3 Å². The van der Waals surface area contributed by atoms with Crippen molar-refractivity contribution in [1.82, 2.24) is 4.90 Å². The smallest absolute Gasteiger partial charge is 0.137 e. The van der Waals surface area contributed by atoms with Gasteiger partial charge in [-0.15, -0.1) is 0 Å². The molecule has 92 valence electrons. The van der Waals surface area contributed by atoms with Crippen LogP contribution in [0.3, 0.4) is 0 Å². The maximum absolute atomic E-state index is 13.1. The molecule has 1 aromatic carbocycles. The molecule has 1 heterocycles. The lowest BCUT2D eigenvalue weighted by atomic mass is 9.87. The van der Waals surface area contributed by atoms with Crippen molar-refractivity contribution in [3.63, 3.8) is 0 Å². The third-order valence-corrected chi connectivity index (χ3v) is 3.12. The van der Waals surface area contributed by atoms with E-state index in [0.29, 0.717) is 18.5 Å². The molecule has 1 aliphatic heterocycles. The molecule has 17 heavy (non-hydrogen) atoms. The number of carboxylic acid groups (broad SMARTS) is 1. The Bertz CT molecular complexity index is 424. The van der Waals surface area contributed by atoms with Crippen LogP contribution in [0.4, 0.5) is 9.18 Å². The van der Waals surface area contributed by atoms with Gasteiger partial charge in [0, 0.05) is 19.0 Å². The topological polar surface area (TPSA) is 63.6 Å². The van der Waals surface area contributed by atoms with Crippen LogP contribution in [0, 0.1) is 5.82 Å². The second-order valence-corrected chi connectivity index (χ2v) is 4.23. The Hall–Kier alpha value is -1.62. The van der Waals surface area contributed by atoms with Gasteiger partial charge in [-0.1, -0.05) is 12.1 Å². The number of amides is 1. The lowest BCUT2D eigenvalue weighted by Crippen LogP contribution is -2.50. The highest BCUT2D eigenvalue weighted by Crippen LogP contribution is 2.28. The molecule has 2 unspecified atom stereocenters. The van der Waals surface area contributed by atoms with Crippen molar-refractivity contribution in [3.8, 4) is 0 Å². The number of hydrogen-bond acceptors (Lipinski definition) is 3. The standard InChI is InChI=1S/C12H14FNO3/c13-9-3-1-2-8(6-9)10-4-5-14(12(16)17)7-11(10)15/h1-3,6,10-11,15H,4-5,7H2,(H,16,17)/p-1. The molecule has 5 heteroatoms. The molecule has 2 rings (SSSR count). The maximum atomic E-state index is 13.1. The van der Waals surface area contributed by atoms with E-state index in [0.717, 1.165) is 4.90 Å². The van der Waals surface area contributed by atoms with Crippen LogP contribution in [0.15, 0.2) is 24.3 Å². The highest BCUT2D eigenvalue weighted by atomic mass is 19.1. The normalized spacial score (nSPS) is 24.7. The molecule has 4 nitrogen and oxygen atoms in total. The first-order valence-corrected chi connectivity index (χ1v) is 5.47. The van der Waals surface area contributed by atoms with E-state index in [2.05, 4.69) is 0 Å². The molecular formula is C12H13FNO3-. The van der Waals surface area contributed by atoms with E-state index in [-0.39, 0.29) is 18.3 Å². The average Bonchev–Trinajstić information content (AvgIpc) is 2.28. The second-order valence-electron chi connectivity index (χ2n) is 4.23. The molecule has 1 saturated heterocycles. The summed E-state index contributed by atoms with van der Waals surface area (Å²) in [6.45, 7) is 0.323. The summed E-state index contributed by atoms with van der Waals surface area (Å²) in [6, 6.07) is 6.04. The highest BCUT2D eigenvalue weighted by molar-refractivity contribution is 5.62. The quantitative estimate of drug-likeness (QED) is 0.766. The lowest BCUT2D eigenvalue weighted by Gasteiger charge is -2.37. The Kier molecular flexibility index (Phi) is 3.28. The van der Waals surface area contributed by atoms with Crippen LogP contribution in [0.5, 0.6) is 0 Å². The Morgan fingerprint density at radius 3 is 2.88 bits per heavy atom. The fourth-order valence-electron chi connectivity index (χ4n) is 2.22. The fourth-order valence-corrected chi connectivity index (χ4v) is 2.22. The predicted octanol–water partition coefficient (Wildman–Crippen LogP) is 0.319. The molecule has 1 N–H and O–H groups in total. The summed E-state index contributed by atoms with van der Waals surface area (Å²) in [6.07, 6.45) is -1.62. The van der Waals surface area contributed by atoms with Crippen LogP contribution >= 0.6 is 0 Å². The van der Waals surface area contributed by atoms with Gasteiger partial charge in [-0.3, -0.25) is 0 Å². The number of piperidine rings is 1. The first-order chi connectivity index (χ1) is 8.08. The summed E-state index contributed by atoms with van der Waals surface area (Å²) in [5.74, 6) is -0.571. The number of carbonyl (C=O) groups is 1. The summed E-state index contributed by atoms with van der Waals surface area (Å²) in [7, 11) is 0. The third kappa shape index (κ3) is 2.55. The summed E-state index contributed by atoms with van der Waals surface area (Å²) in [5.41, 5.74) is 0.704. The lowest BCUT2D eigenvalue weighted by molar-refractivity contribution is -0.268. The molecule has 0 spiro atoms. The molecule has 0 saturated carbocycles. The molecule has 2 atom stereocenters. The minimum Gasteiger partial charge on any atom is -0.530 e. The zero-order valence-corrected chi connectivity index (χ0v) is 9.17. The van der Waals surface area contributed by atoms with Gasteiger partial charge in [-0.05, 0) is 24.1 Å². The Balaban J connectivity index is 2.12. The number of likely N-dealkylation sites (tertiary alicyclic amines) is 1. The molecule has 0 aromatic heterocycles. The van der Waals surface area contributed by atoms with Crippen molar-refractivity contribution in [2.75, 3.05) is 13.1 Å². The third-order valence-electron chi connectivity index (χ3n) is 3.12. The molecule has 1 fully saturated rings. The molecule has 0 bridgehead atoms. The van der Waals surface area contributed by atoms with Crippen LogP contribution < -0.4 is 5.11 Å². The van der Waals surface area contributed by atoms with Gasteiger partial charge < -0.3 is 19.9 Å². The minimum absolute atomic E-state index is 0.0174. The average molecular weight is 238 g/mol. The molecule has 1 amide bonds. The zero-order valence-electron chi connectivity index (χ0n) is 9.17. The van der Waals surface area contributed by atoms with E-state index in [9.17, 15) is 19.4 Å². The van der Waals surface area contributed by atoms with Gasteiger partial charge in [-0.2, -0.15) is 0 Å². The number of halogens is 1. The number of carbonyl (C=O) groups excluding carboxylic acids is 1. The number of aliphatic hydroxyl groups is 1. The zero-order chi connectivity index (χ0) is 12.4. The van der Waals surface area contributed by atoms with Crippen molar-refractivity contribution < 1.29 is 19.4 Å². The van der Waals surface area contributed by atoms with E-state index in [1.165, 1.54) is 12.1 Å². The summed E-state index contributed by atoms with van der Waals surface area (Å²) >= 11 is 0. The largest absolute Gasteiger partial charge is 0.530 e. The minimum atomic E-state index is -1.28. The van der Waals surface area contributed by atoms with Crippen molar-refractivity contribution in [2.24, 2.45) is 0 Å². The summed E-state index contributed by atoms with van der Waals surface area (Å²) < 4.78 is 13.1. The highest BCUT2D eigenvalue weighted by Gasteiger charge is 2.28. The van der Waals surface area contributed by atoms with Crippen LogP contribution in [0.1, 0.15) is 17.9 Å². The first-order valence-electron chi connectivity index (χ1n) is 5.47. The van der Waals surface area contributed by atoms with Gasteiger partial charge in [0.15, 0.2) is 0 Å². The second kappa shape index (κ2) is 4.71. The Morgan fingerprint density at radius 1 is 1.53 bits per heavy atom. The maximum Gasteiger partial charge on any atom is 0.137 e. The molecule has 0 radical (unpaired) electrons. The predicted molar refractivity (Wildman–Crippen MR) is 56.7 cm³/mol. The number of benzene rings is 1. The summed E-state index contributed by atoms with van der Waals surface area (Å²) in [5, 5.41) is 20.5. The number of rotatable bonds is 1. The van der Waals surface area contributed by atoms with Gasteiger partial charge in [0.25, 0.3) is 0 Å². The van der Waals surface area contributed by atoms with Crippen LogP contribution in [-0.2, 0) is 0 Å². The van der Waals surface area contributed by atoms with Crippen LogP contribution in [0.2, 0.25) is 0 Å². The van der Waals surface area contributed by atoms with E-state index in [1.54, 1.807) is 12.1 Å². The van der Waals surface area contributed by atoms with Gasteiger partial charge in [0.05, 0.1) is 6.10 Å². The first kappa shape index (κ1) is 11.9. The molecular weight excluding hydrogens is 225 g/mol. The van der Waals surface area contributed by atoms with Crippen LogP contribution in [-0.4, -0.2) is 35.3 Å². The number of aliphatic hydroxyl groups excluding tert-OH is 1. The number of β-amino-alcohol motifs (C(OH)–C–C–N with tert-alkyl or cyclic N) is 1. The summed E-state index contributed by atoms with van der Waals surface area (Å²) in [4.78, 5) is 11.7. The molecule has 1 aliphatic rings. The van der Waals surface area contributed by atoms with Gasteiger partial charge in [0.1, 0.15) is 11.9 Å². The fraction of sp³-hybridized carbons (Fsp3) is 0.417. The van der Waals surface area contributed by atoms with E-state index >= 15 is 0 Å². The van der Waals surface area contributed by atoms with E-state index < -0.39 is 12.2 Å². The van der Waals surface area contributed by atoms with Crippen molar-refractivity contribution in [1.29, 1.82) is 0 Å². The van der Waals surface area contributed by atoms with Gasteiger partial charge in [-0.25, -0.2) is 4.39 Å². The van der Waals surface area contributed by atoms with Gasteiger partial charge in [0.2, 0.25) is 0 Å². The van der Waals surface area contributed by atoms with Crippen molar-refractivity contribution in [3.05, 3.63) is 35.6 Å². The van der Waals surface area contributed by atoms with E-state index in [1.807, 2.05) is 0 Å².